The summed E-state index contributed by atoms with van der Waals surface area (Å²) in [5.41, 5.74) is 0.346. The van der Waals surface area contributed by atoms with Crippen molar-refractivity contribution >= 4 is 21.4 Å². The SMILES string of the molecule is COc1ccc(NC(=O)CS(=O)(=O)CCC#N)c(OC)c1. The molecule has 114 valence electrons. The van der Waals surface area contributed by atoms with Crippen molar-refractivity contribution < 1.29 is 22.7 Å². The van der Waals surface area contributed by atoms with Crippen molar-refractivity contribution in [2.75, 3.05) is 31.0 Å². The van der Waals surface area contributed by atoms with Gasteiger partial charge in [0.05, 0.1) is 31.7 Å². The number of carbonyl (C=O) groups excluding carboxylic acids is 1. The number of nitrogens with zero attached hydrogens (tertiary/aromatic N) is 1. The van der Waals surface area contributed by atoms with E-state index in [0.717, 1.165) is 0 Å². The predicted molar refractivity (Wildman–Crippen MR) is 77.1 cm³/mol. The molecule has 0 saturated carbocycles. The van der Waals surface area contributed by atoms with Gasteiger partial charge >= 0.3 is 0 Å². The molecule has 0 aromatic heterocycles. The summed E-state index contributed by atoms with van der Waals surface area (Å²) in [6.45, 7) is 0. The molecule has 1 amide bonds. The number of nitriles is 1. The second kappa shape index (κ2) is 7.50. The van der Waals surface area contributed by atoms with Gasteiger partial charge in [0.15, 0.2) is 9.84 Å². The van der Waals surface area contributed by atoms with Gasteiger partial charge in [-0.2, -0.15) is 5.26 Å². The van der Waals surface area contributed by atoms with Gasteiger partial charge in [0.1, 0.15) is 17.3 Å². The summed E-state index contributed by atoms with van der Waals surface area (Å²) in [5.74, 6) is -0.791. The molecule has 1 rings (SSSR count). The third-order valence-corrected chi connectivity index (χ3v) is 4.09. The van der Waals surface area contributed by atoms with E-state index in [9.17, 15) is 13.2 Å². The molecule has 1 N–H and O–H groups in total. The first kappa shape index (κ1) is 16.8. The van der Waals surface area contributed by atoms with Gasteiger partial charge in [-0.05, 0) is 12.1 Å². The number of methoxy groups -OCH3 is 2. The Kier molecular flexibility index (Phi) is 5.99. The molecule has 0 aliphatic carbocycles. The lowest BCUT2D eigenvalue weighted by atomic mass is 10.2. The molecule has 0 saturated heterocycles. The third-order valence-electron chi connectivity index (χ3n) is 2.56. The molecule has 0 unspecified atom stereocenters. The summed E-state index contributed by atoms with van der Waals surface area (Å²) in [6.07, 6.45) is -0.137. The number of carbonyl (C=O) groups is 1. The van der Waals surface area contributed by atoms with E-state index in [1.807, 2.05) is 0 Å². The van der Waals surface area contributed by atoms with Gasteiger partial charge in [-0.15, -0.1) is 0 Å². The van der Waals surface area contributed by atoms with Crippen molar-refractivity contribution in [3.63, 3.8) is 0 Å². The van der Waals surface area contributed by atoms with Crippen LogP contribution in [0.1, 0.15) is 6.42 Å². The minimum absolute atomic E-state index is 0.137. The van der Waals surface area contributed by atoms with Gasteiger partial charge in [-0.3, -0.25) is 4.79 Å². The summed E-state index contributed by atoms with van der Waals surface area (Å²) in [5, 5.41) is 10.8. The van der Waals surface area contributed by atoms with Crippen LogP contribution in [0.5, 0.6) is 11.5 Å². The lowest BCUT2D eigenvalue weighted by molar-refractivity contribution is -0.113. The molecule has 0 bridgehead atoms. The van der Waals surface area contributed by atoms with E-state index < -0.39 is 21.5 Å². The molecule has 0 heterocycles. The first-order valence-electron chi connectivity index (χ1n) is 6.01. The Morgan fingerprint density at radius 2 is 2.05 bits per heavy atom. The van der Waals surface area contributed by atoms with Crippen LogP contribution in [0.2, 0.25) is 0 Å². The highest BCUT2D eigenvalue weighted by molar-refractivity contribution is 7.92. The first-order chi connectivity index (χ1) is 9.91. The van der Waals surface area contributed by atoms with Crippen LogP contribution in [0.25, 0.3) is 0 Å². The van der Waals surface area contributed by atoms with Crippen LogP contribution >= 0.6 is 0 Å². The molecule has 0 fully saturated rings. The van der Waals surface area contributed by atoms with Crippen LogP contribution in [0.3, 0.4) is 0 Å². The molecule has 0 radical (unpaired) electrons. The summed E-state index contributed by atoms with van der Waals surface area (Å²) >= 11 is 0. The quantitative estimate of drug-likeness (QED) is 0.804. The summed E-state index contributed by atoms with van der Waals surface area (Å²) in [7, 11) is -0.676. The van der Waals surface area contributed by atoms with E-state index in [2.05, 4.69) is 5.32 Å². The van der Waals surface area contributed by atoms with Crippen molar-refractivity contribution in [3.8, 4) is 17.6 Å². The van der Waals surface area contributed by atoms with Crippen molar-refractivity contribution in [3.05, 3.63) is 18.2 Å². The normalized spacial score (nSPS) is 10.5. The molecule has 0 spiro atoms. The Morgan fingerprint density at radius 3 is 2.62 bits per heavy atom. The summed E-state index contributed by atoms with van der Waals surface area (Å²) in [6, 6.07) is 6.47. The van der Waals surface area contributed by atoms with Crippen LogP contribution in [-0.4, -0.2) is 40.1 Å². The minimum atomic E-state index is -3.60. The van der Waals surface area contributed by atoms with Crippen LogP contribution in [0.15, 0.2) is 18.2 Å². The zero-order valence-electron chi connectivity index (χ0n) is 11.8. The van der Waals surface area contributed by atoms with Crippen molar-refractivity contribution in [2.24, 2.45) is 0 Å². The molecular weight excluding hydrogens is 296 g/mol. The van der Waals surface area contributed by atoms with Gasteiger partial charge in [-0.25, -0.2) is 8.42 Å². The average Bonchev–Trinajstić information content (AvgIpc) is 2.45. The van der Waals surface area contributed by atoms with Gasteiger partial charge in [0, 0.05) is 12.5 Å². The van der Waals surface area contributed by atoms with Crippen LogP contribution < -0.4 is 14.8 Å². The van der Waals surface area contributed by atoms with Crippen LogP contribution in [0.4, 0.5) is 5.69 Å². The number of anilines is 1. The maximum Gasteiger partial charge on any atom is 0.239 e. The molecule has 21 heavy (non-hydrogen) atoms. The van der Waals surface area contributed by atoms with Gasteiger partial charge in [0.25, 0.3) is 0 Å². The number of nitrogens with one attached hydrogen (secondary N) is 1. The highest BCUT2D eigenvalue weighted by Gasteiger charge is 2.17. The van der Waals surface area contributed by atoms with E-state index in [4.69, 9.17) is 14.7 Å². The molecule has 1 aromatic rings. The average molecular weight is 312 g/mol. The number of benzene rings is 1. The maximum absolute atomic E-state index is 11.8. The van der Waals surface area contributed by atoms with Gasteiger partial charge in [0.2, 0.25) is 5.91 Å². The van der Waals surface area contributed by atoms with Crippen LogP contribution in [-0.2, 0) is 14.6 Å². The Balaban J connectivity index is 2.78. The number of amides is 1. The Bertz CT molecular complexity index is 649. The maximum atomic E-state index is 11.8. The topological polar surface area (TPSA) is 105 Å². The Morgan fingerprint density at radius 1 is 1.33 bits per heavy atom. The van der Waals surface area contributed by atoms with Gasteiger partial charge in [-0.1, -0.05) is 0 Å². The molecule has 8 heteroatoms. The largest absolute Gasteiger partial charge is 0.497 e. The second-order valence-corrected chi connectivity index (χ2v) is 6.30. The van der Waals surface area contributed by atoms with Crippen molar-refractivity contribution in [1.82, 2.24) is 0 Å². The third kappa shape index (κ3) is 5.31. The fourth-order valence-electron chi connectivity index (χ4n) is 1.56. The Labute approximate surface area is 123 Å². The van der Waals surface area contributed by atoms with E-state index in [0.29, 0.717) is 17.2 Å². The van der Waals surface area contributed by atoms with E-state index in [-0.39, 0.29) is 12.2 Å². The smallest absolute Gasteiger partial charge is 0.239 e. The first-order valence-corrected chi connectivity index (χ1v) is 7.83. The number of sulfone groups is 1. The molecule has 7 nitrogen and oxygen atoms in total. The molecule has 0 atom stereocenters. The monoisotopic (exact) mass is 312 g/mol. The van der Waals surface area contributed by atoms with E-state index in [1.54, 1.807) is 24.3 Å². The number of hydrogen-bond donors (Lipinski definition) is 1. The molecule has 1 aromatic carbocycles. The Hall–Kier alpha value is -2.27. The van der Waals surface area contributed by atoms with Crippen LogP contribution in [0, 0.1) is 11.3 Å². The molecular formula is C13H16N2O5S. The fraction of sp³-hybridized carbons (Fsp3) is 0.385. The lowest BCUT2D eigenvalue weighted by Gasteiger charge is -2.11. The van der Waals surface area contributed by atoms with Crippen molar-refractivity contribution in [1.29, 1.82) is 5.26 Å². The summed E-state index contributed by atoms with van der Waals surface area (Å²) < 4.78 is 33.3. The lowest BCUT2D eigenvalue weighted by Crippen LogP contribution is -2.24. The fourth-order valence-corrected chi connectivity index (χ4v) is 2.58. The minimum Gasteiger partial charge on any atom is -0.497 e. The second-order valence-electron chi connectivity index (χ2n) is 4.11. The summed E-state index contributed by atoms with van der Waals surface area (Å²) in [4.78, 5) is 11.8. The number of hydrogen-bond acceptors (Lipinski definition) is 6. The van der Waals surface area contributed by atoms with E-state index in [1.165, 1.54) is 14.2 Å². The highest BCUT2D eigenvalue weighted by atomic mass is 32.2. The number of rotatable bonds is 7. The molecule has 0 aliphatic rings. The zero-order chi connectivity index (χ0) is 15.9. The number of ether oxygens (including phenoxy) is 2. The van der Waals surface area contributed by atoms with Gasteiger partial charge < -0.3 is 14.8 Å². The highest BCUT2D eigenvalue weighted by Crippen LogP contribution is 2.28. The zero-order valence-corrected chi connectivity index (χ0v) is 12.6. The van der Waals surface area contributed by atoms with Crippen molar-refractivity contribution in [2.45, 2.75) is 6.42 Å². The van der Waals surface area contributed by atoms with E-state index >= 15 is 0 Å². The molecule has 0 aliphatic heterocycles. The standard InChI is InChI=1S/C13H16N2O5S/c1-19-10-4-5-11(12(8-10)20-2)15-13(16)9-21(17,18)7-3-6-14/h4-5,8H,3,7,9H2,1-2H3,(H,15,16). The predicted octanol–water partition coefficient (Wildman–Crippen LogP) is 0.971.